The van der Waals surface area contributed by atoms with Crippen LogP contribution in [-0.2, 0) is 6.54 Å². The van der Waals surface area contributed by atoms with Gasteiger partial charge in [0.25, 0.3) is 5.91 Å². The molecule has 1 N–H and O–H groups in total. The maximum atomic E-state index is 13.0. The van der Waals surface area contributed by atoms with Gasteiger partial charge in [-0.2, -0.15) is 5.10 Å². The highest BCUT2D eigenvalue weighted by atomic mass is 35.5. The first kappa shape index (κ1) is 17.2. The van der Waals surface area contributed by atoms with E-state index in [1.165, 1.54) is 0 Å². The molecule has 1 amide bonds. The monoisotopic (exact) mass is 376 g/mol. The van der Waals surface area contributed by atoms with Crippen molar-refractivity contribution in [3.8, 4) is 11.3 Å². The number of hydrogen-bond donors (Lipinski definition) is 1. The summed E-state index contributed by atoms with van der Waals surface area (Å²) >= 11 is 6.18. The number of amides is 1. The Morgan fingerprint density at radius 1 is 1.11 bits per heavy atom. The first-order valence-electron chi connectivity index (χ1n) is 8.65. The number of anilines is 1. The average Bonchev–Trinajstić information content (AvgIpc) is 3.12. The third-order valence-corrected chi connectivity index (χ3v) is 4.67. The van der Waals surface area contributed by atoms with Gasteiger partial charge in [-0.05, 0) is 25.1 Å². The standard InChI is InChI=1S/C21H17ClN4O/c1-2-26-20-16(13-23-26)15(12-19(24-20)14-8-4-3-5-9-14)21(27)25-18-11-7-6-10-17(18)22/h3-13H,2H2,1H3,(H,25,27). The molecule has 27 heavy (non-hydrogen) atoms. The molecule has 0 spiro atoms. The van der Waals surface area contributed by atoms with Gasteiger partial charge >= 0.3 is 0 Å². The van der Waals surface area contributed by atoms with E-state index < -0.39 is 0 Å². The molecule has 0 saturated heterocycles. The molecule has 134 valence electrons. The number of carbonyl (C=O) groups is 1. The third-order valence-electron chi connectivity index (χ3n) is 4.34. The quantitative estimate of drug-likeness (QED) is 0.543. The number of nitrogens with zero attached hydrogens (tertiary/aromatic N) is 3. The molecule has 0 saturated carbocycles. The van der Waals surface area contributed by atoms with Gasteiger partial charge in [-0.25, -0.2) is 9.67 Å². The zero-order valence-corrected chi connectivity index (χ0v) is 15.4. The molecule has 0 fully saturated rings. The van der Waals surface area contributed by atoms with Gasteiger partial charge in [0, 0.05) is 12.1 Å². The first-order chi connectivity index (χ1) is 13.2. The van der Waals surface area contributed by atoms with Crippen LogP contribution >= 0.6 is 11.6 Å². The smallest absolute Gasteiger partial charge is 0.256 e. The van der Waals surface area contributed by atoms with Crippen molar-refractivity contribution in [3.63, 3.8) is 0 Å². The van der Waals surface area contributed by atoms with Gasteiger partial charge in [0.05, 0.1) is 33.6 Å². The number of rotatable bonds is 4. The van der Waals surface area contributed by atoms with Crippen LogP contribution in [0.1, 0.15) is 17.3 Å². The summed E-state index contributed by atoms with van der Waals surface area (Å²) in [7, 11) is 0. The first-order valence-corrected chi connectivity index (χ1v) is 9.03. The molecule has 2 heterocycles. The normalized spacial score (nSPS) is 10.9. The van der Waals surface area contributed by atoms with Crippen molar-refractivity contribution in [2.75, 3.05) is 5.32 Å². The predicted octanol–water partition coefficient (Wildman–Crippen LogP) is 5.02. The Morgan fingerprint density at radius 3 is 2.59 bits per heavy atom. The van der Waals surface area contributed by atoms with Crippen LogP contribution in [0.3, 0.4) is 0 Å². The average molecular weight is 377 g/mol. The topological polar surface area (TPSA) is 59.8 Å². The number of pyridine rings is 1. The van der Waals surface area contributed by atoms with E-state index in [1.54, 1.807) is 29.1 Å². The molecule has 6 heteroatoms. The summed E-state index contributed by atoms with van der Waals surface area (Å²) in [4.78, 5) is 17.8. The van der Waals surface area contributed by atoms with Crippen LogP contribution in [0.15, 0.2) is 66.9 Å². The Morgan fingerprint density at radius 2 is 1.85 bits per heavy atom. The number of aryl methyl sites for hydroxylation is 1. The molecule has 2 aromatic heterocycles. The lowest BCUT2D eigenvalue weighted by atomic mass is 10.1. The number of nitrogens with one attached hydrogen (secondary N) is 1. The summed E-state index contributed by atoms with van der Waals surface area (Å²) in [5.74, 6) is -0.247. The van der Waals surface area contributed by atoms with E-state index in [0.717, 1.165) is 11.3 Å². The molecular formula is C21H17ClN4O. The van der Waals surface area contributed by atoms with E-state index in [2.05, 4.69) is 10.4 Å². The van der Waals surface area contributed by atoms with E-state index in [-0.39, 0.29) is 5.91 Å². The molecule has 0 aliphatic rings. The van der Waals surface area contributed by atoms with Gasteiger partial charge in [0.2, 0.25) is 0 Å². The summed E-state index contributed by atoms with van der Waals surface area (Å²) in [5.41, 5.74) is 3.43. The summed E-state index contributed by atoms with van der Waals surface area (Å²) in [5, 5.41) is 8.45. The number of halogens is 1. The number of carbonyl (C=O) groups excluding carboxylic acids is 1. The Hall–Kier alpha value is -3.18. The lowest BCUT2D eigenvalue weighted by Crippen LogP contribution is -2.13. The fourth-order valence-electron chi connectivity index (χ4n) is 2.98. The predicted molar refractivity (Wildman–Crippen MR) is 108 cm³/mol. The van der Waals surface area contributed by atoms with Crippen LogP contribution in [0.5, 0.6) is 0 Å². The number of hydrogen-bond acceptors (Lipinski definition) is 3. The highest BCUT2D eigenvalue weighted by Gasteiger charge is 2.18. The van der Waals surface area contributed by atoms with Crippen LogP contribution in [0, 0.1) is 0 Å². The molecule has 5 nitrogen and oxygen atoms in total. The Balaban J connectivity index is 1.84. The molecule has 2 aromatic carbocycles. The molecule has 0 aliphatic carbocycles. The second-order valence-electron chi connectivity index (χ2n) is 6.05. The maximum Gasteiger partial charge on any atom is 0.256 e. The van der Waals surface area contributed by atoms with Crippen LogP contribution in [0.25, 0.3) is 22.3 Å². The van der Waals surface area contributed by atoms with Gasteiger partial charge in [-0.3, -0.25) is 4.79 Å². The Labute approximate surface area is 161 Å². The van der Waals surface area contributed by atoms with Gasteiger partial charge in [-0.1, -0.05) is 54.1 Å². The van der Waals surface area contributed by atoms with E-state index in [4.69, 9.17) is 16.6 Å². The van der Waals surface area contributed by atoms with Gasteiger partial charge < -0.3 is 5.32 Å². The van der Waals surface area contributed by atoms with Gasteiger partial charge in [-0.15, -0.1) is 0 Å². The molecule has 0 radical (unpaired) electrons. The number of para-hydroxylation sites is 1. The van der Waals surface area contributed by atoms with Crippen LogP contribution in [-0.4, -0.2) is 20.7 Å². The highest BCUT2D eigenvalue weighted by Crippen LogP contribution is 2.27. The van der Waals surface area contributed by atoms with E-state index in [1.807, 2.05) is 49.4 Å². The van der Waals surface area contributed by atoms with Crippen molar-refractivity contribution in [2.45, 2.75) is 13.5 Å². The molecule has 0 bridgehead atoms. The summed E-state index contributed by atoms with van der Waals surface area (Å²) < 4.78 is 1.79. The Kier molecular flexibility index (Phi) is 4.60. The summed E-state index contributed by atoms with van der Waals surface area (Å²) in [6.45, 7) is 2.66. The van der Waals surface area contributed by atoms with Crippen molar-refractivity contribution in [2.24, 2.45) is 0 Å². The largest absolute Gasteiger partial charge is 0.321 e. The van der Waals surface area contributed by atoms with Crippen molar-refractivity contribution < 1.29 is 4.79 Å². The number of benzene rings is 2. The highest BCUT2D eigenvalue weighted by molar-refractivity contribution is 6.34. The van der Waals surface area contributed by atoms with Crippen LogP contribution < -0.4 is 5.32 Å². The van der Waals surface area contributed by atoms with Gasteiger partial charge in [0.1, 0.15) is 0 Å². The zero-order valence-electron chi connectivity index (χ0n) is 14.7. The maximum absolute atomic E-state index is 13.0. The molecule has 4 rings (SSSR count). The van der Waals surface area contributed by atoms with Crippen molar-refractivity contribution >= 4 is 34.2 Å². The summed E-state index contributed by atoms with van der Waals surface area (Å²) in [6.07, 6.45) is 1.68. The van der Waals surface area contributed by atoms with E-state index in [9.17, 15) is 4.79 Å². The fourth-order valence-corrected chi connectivity index (χ4v) is 3.16. The third kappa shape index (κ3) is 3.29. The van der Waals surface area contributed by atoms with E-state index >= 15 is 0 Å². The summed E-state index contributed by atoms with van der Waals surface area (Å²) in [6, 6.07) is 18.7. The minimum absolute atomic E-state index is 0.247. The number of fused-ring (bicyclic) bond motifs is 1. The number of aromatic nitrogens is 3. The lowest BCUT2D eigenvalue weighted by molar-refractivity contribution is 0.102. The molecular weight excluding hydrogens is 360 g/mol. The van der Waals surface area contributed by atoms with Gasteiger partial charge in [0.15, 0.2) is 5.65 Å². The lowest BCUT2D eigenvalue weighted by Gasteiger charge is -2.10. The molecule has 0 aliphatic heterocycles. The minimum Gasteiger partial charge on any atom is -0.321 e. The second kappa shape index (κ2) is 7.21. The Bertz CT molecular complexity index is 1120. The second-order valence-corrected chi connectivity index (χ2v) is 6.46. The molecule has 0 unspecified atom stereocenters. The van der Waals surface area contributed by atoms with Crippen molar-refractivity contribution in [1.82, 2.24) is 14.8 Å². The van der Waals surface area contributed by atoms with Crippen LogP contribution in [0.2, 0.25) is 5.02 Å². The van der Waals surface area contributed by atoms with Crippen LogP contribution in [0.4, 0.5) is 5.69 Å². The van der Waals surface area contributed by atoms with E-state index in [0.29, 0.717) is 33.9 Å². The van der Waals surface area contributed by atoms with Crippen molar-refractivity contribution in [3.05, 3.63) is 77.4 Å². The fraction of sp³-hybridized carbons (Fsp3) is 0.0952. The minimum atomic E-state index is -0.247. The zero-order chi connectivity index (χ0) is 18.8. The molecule has 0 atom stereocenters. The molecule has 4 aromatic rings. The SMILES string of the molecule is CCn1ncc2c(C(=O)Nc3ccccc3Cl)cc(-c3ccccc3)nc21. The van der Waals surface area contributed by atoms with Crippen molar-refractivity contribution in [1.29, 1.82) is 0 Å².